The van der Waals surface area contributed by atoms with Crippen molar-refractivity contribution in [1.82, 2.24) is 10.9 Å². The molecule has 6 heteroatoms. The molecule has 0 saturated heterocycles. The Balaban J connectivity index is 1.72. The molecule has 6 nitrogen and oxygen atoms in total. The number of hydrogen-bond acceptors (Lipinski definition) is 3. The summed E-state index contributed by atoms with van der Waals surface area (Å²) in [7, 11) is 0. The average Bonchev–Trinajstić information content (AvgIpc) is 3.24. The number of nitrogens with one attached hydrogen (secondary N) is 2. The van der Waals surface area contributed by atoms with E-state index in [1.807, 2.05) is 30.3 Å². The first-order chi connectivity index (χ1) is 9.58. The maximum atomic E-state index is 11.8. The summed E-state index contributed by atoms with van der Waals surface area (Å²) in [5, 5.41) is 8.43. The van der Waals surface area contributed by atoms with Gasteiger partial charge < -0.3 is 5.11 Å². The quantitative estimate of drug-likeness (QED) is 0.693. The van der Waals surface area contributed by atoms with Gasteiger partial charge in [0.05, 0.1) is 6.42 Å². The lowest BCUT2D eigenvalue weighted by Crippen LogP contribution is -2.42. The van der Waals surface area contributed by atoms with Crippen molar-refractivity contribution in [2.45, 2.75) is 25.2 Å². The highest BCUT2D eigenvalue weighted by atomic mass is 16.4. The molecule has 1 fully saturated rings. The zero-order valence-electron chi connectivity index (χ0n) is 10.8. The van der Waals surface area contributed by atoms with Crippen molar-refractivity contribution < 1.29 is 19.5 Å². The first-order valence-corrected chi connectivity index (χ1v) is 6.43. The van der Waals surface area contributed by atoms with E-state index in [4.69, 9.17) is 5.11 Å². The van der Waals surface area contributed by atoms with Gasteiger partial charge in [0, 0.05) is 12.3 Å². The topological polar surface area (TPSA) is 95.5 Å². The Morgan fingerprint density at radius 3 is 2.45 bits per heavy atom. The first kappa shape index (κ1) is 14.0. The van der Waals surface area contributed by atoms with Crippen molar-refractivity contribution in [2.75, 3.05) is 0 Å². The Kier molecular flexibility index (Phi) is 4.34. The van der Waals surface area contributed by atoms with Crippen molar-refractivity contribution >= 4 is 17.8 Å². The maximum Gasteiger partial charge on any atom is 0.303 e. The summed E-state index contributed by atoms with van der Waals surface area (Å²) in [5.74, 6) is -1.71. The monoisotopic (exact) mass is 276 g/mol. The van der Waals surface area contributed by atoms with Gasteiger partial charge in [-0.2, -0.15) is 0 Å². The molecule has 0 aliphatic heterocycles. The van der Waals surface area contributed by atoms with Crippen LogP contribution < -0.4 is 10.9 Å². The summed E-state index contributed by atoms with van der Waals surface area (Å²) < 4.78 is 0. The molecule has 1 aromatic rings. The van der Waals surface area contributed by atoms with Crippen LogP contribution in [0.1, 0.15) is 30.7 Å². The third kappa shape index (κ3) is 3.81. The minimum atomic E-state index is -1.04. The maximum absolute atomic E-state index is 11.8. The minimum absolute atomic E-state index is 0.128. The number of carbonyl (C=O) groups excluding carboxylic acids is 2. The van der Waals surface area contributed by atoms with Gasteiger partial charge in [0.2, 0.25) is 11.8 Å². The van der Waals surface area contributed by atoms with Crippen molar-refractivity contribution in [3.63, 3.8) is 0 Å². The average molecular weight is 276 g/mol. The summed E-state index contributed by atoms with van der Waals surface area (Å²) in [6.07, 6.45) is 0.362. The summed E-state index contributed by atoms with van der Waals surface area (Å²) in [6.45, 7) is 0. The normalized spacial score (nSPS) is 20.0. The predicted molar refractivity (Wildman–Crippen MR) is 70.4 cm³/mol. The molecule has 2 amide bonds. The van der Waals surface area contributed by atoms with Crippen LogP contribution in [0.5, 0.6) is 0 Å². The highest BCUT2D eigenvalue weighted by Gasteiger charge is 2.43. The number of rotatable bonds is 5. The van der Waals surface area contributed by atoms with E-state index in [0.717, 1.165) is 12.0 Å². The van der Waals surface area contributed by atoms with E-state index in [1.165, 1.54) is 0 Å². The number of amides is 2. The number of carboxylic acids is 1. The number of hydrogen-bond donors (Lipinski definition) is 3. The Morgan fingerprint density at radius 2 is 1.80 bits per heavy atom. The molecule has 1 aromatic carbocycles. The molecule has 106 valence electrons. The molecule has 2 atom stereocenters. The van der Waals surface area contributed by atoms with Crippen LogP contribution in [0.15, 0.2) is 30.3 Å². The van der Waals surface area contributed by atoms with Crippen molar-refractivity contribution in [3.8, 4) is 0 Å². The zero-order chi connectivity index (χ0) is 14.5. The molecule has 1 aliphatic carbocycles. The van der Waals surface area contributed by atoms with Crippen molar-refractivity contribution in [3.05, 3.63) is 35.9 Å². The molecule has 0 radical (unpaired) electrons. The fourth-order valence-corrected chi connectivity index (χ4v) is 2.06. The Bertz CT molecular complexity index is 515. The summed E-state index contributed by atoms with van der Waals surface area (Å²) in [6, 6.07) is 9.73. The highest BCUT2D eigenvalue weighted by molar-refractivity contribution is 5.86. The molecular weight excluding hydrogens is 260 g/mol. The second kappa shape index (κ2) is 6.18. The third-order valence-corrected chi connectivity index (χ3v) is 3.25. The van der Waals surface area contributed by atoms with Crippen LogP contribution in [-0.2, 0) is 14.4 Å². The lowest BCUT2D eigenvalue weighted by Gasteiger charge is -2.06. The molecule has 0 bridgehead atoms. The van der Waals surface area contributed by atoms with Crippen LogP contribution in [0.25, 0.3) is 0 Å². The Hall–Kier alpha value is -2.37. The van der Waals surface area contributed by atoms with Crippen LogP contribution in [0.3, 0.4) is 0 Å². The molecule has 0 unspecified atom stereocenters. The Morgan fingerprint density at radius 1 is 1.10 bits per heavy atom. The van der Waals surface area contributed by atoms with Gasteiger partial charge in [-0.05, 0) is 17.9 Å². The van der Waals surface area contributed by atoms with E-state index in [0.29, 0.717) is 0 Å². The largest absolute Gasteiger partial charge is 0.481 e. The van der Waals surface area contributed by atoms with Gasteiger partial charge in [0.15, 0.2) is 0 Å². The fourth-order valence-electron chi connectivity index (χ4n) is 2.06. The molecule has 1 saturated carbocycles. The molecular formula is C14H16N2O4. The molecule has 1 aliphatic rings. The Labute approximate surface area is 116 Å². The smallest absolute Gasteiger partial charge is 0.303 e. The SMILES string of the molecule is O=C(O)CCC(=O)NNC(=O)[C@H]1C[C@@H]1c1ccccc1. The van der Waals surface area contributed by atoms with Crippen molar-refractivity contribution in [2.24, 2.45) is 5.92 Å². The molecule has 20 heavy (non-hydrogen) atoms. The molecule has 2 rings (SSSR count). The minimum Gasteiger partial charge on any atom is -0.481 e. The van der Waals surface area contributed by atoms with E-state index < -0.39 is 11.9 Å². The van der Waals surface area contributed by atoms with Gasteiger partial charge in [0.25, 0.3) is 0 Å². The van der Waals surface area contributed by atoms with Gasteiger partial charge in [-0.15, -0.1) is 0 Å². The van der Waals surface area contributed by atoms with Gasteiger partial charge >= 0.3 is 5.97 Å². The summed E-state index contributed by atoms with van der Waals surface area (Å²) in [5.41, 5.74) is 5.68. The second-order valence-corrected chi connectivity index (χ2v) is 4.79. The van der Waals surface area contributed by atoms with Crippen LogP contribution >= 0.6 is 0 Å². The first-order valence-electron chi connectivity index (χ1n) is 6.43. The highest BCUT2D eigenvalue weighted by Crippen LogP contribution is 2.47. The van der Waals surface area contributed by atoms with Gasteiger partial charge in [0.1, 0.15) is 0 Å². The van der Waals surface area contributed by atoms with Crippen LogP contribution in [-0.4, -0.2) is 22.9 Å². The van der Waals surface area contributed by atoms with Gasteiger partial charge in [-0.25, -0.2) is 0 Å². The van der Waals surface area contributed by atoms with E-state index >= 15 is 0 Å². The van der Waals surface area contributed by atoms with E-state index in [1.54, 1.807) is 0 Å². The zero-order valence-corrected chi connectivity index (χ0v) is 10.8. The van der Waals surface area contributed by atoms with E-state index in [9.17, 15) is 14.4 Å². The number of carboxylic acid groups (broad SMARTS) is 1. The van der Waals surface area contributed by atoms with Crippen LogP contribution in [0.4, 0.5) is 0 Å². The van der Waals surface area contributed by atoms with E-state index in [-0.39, 0.29) is 30.6 Å². The van der Waals surface area contributed by atoms with Crippen LogP contribution in [0.2, 0.25) is 0 Å². The lowest BCUT2D eigenvalue weighted by atomic mass is 10.1. The number of carbonyl (C=O) groups is 3. The molecule has 3 N–H and O–H groups in total. The second-order valence-electron chi connectivity index (χ2n) is 4.79. The number of hydrazine groups is 1. The van der Waals surface area contributed by atoms with Crippen molar-refractivity contribution in [1.29, 1.82) is 0 Å². The van der Waals surface area contributed by atoms with Gasteiger partial charge in [-0.1, -0.05) is 30.3 Å². The standard InChI is InChI=1S/C14H16N2O4/c17-12(6-7-13(18)19)15-16-14(20)11-8-10(11)9-4-2-1-3-5-9/h1-5,10-11H,6-8H2,(H,15,17)(H,16,20)(H,18,19)/t10-,11+/m1/s1. The number of benzene rings is 1. The molecule has 0 spiro atoms. The summed E-state index contributed by atoms with van der Waals surface area (Å²) in [4.78, 5) is 33.3. The summed E-state index contributed by atoms with van der Waals surface area (Å²) >= 11 is 0. The van der Waals surface area contributed by atoms with E-state index in [2.05, 4.69) is 10.9 Å². The fraction of sp³-hybridized carbons (Fsp3) is 0.357. The van der Waals surface area contributed by atoms with Crippen LogP contribution in [0, 0.1) is 5.92 Å². The molecule has 0 heterocycles. The third-order valence-electron chi connectivity index (χ3n) is 3.25. The predicted octanol–water partition coefficient (Wildman–Crippen LogP) is 0.802. The van der Waals surface area contributed by atoms with Gasteiger partial charge in [-0.3, -0.25) is 25.2 Å². The lowest BCUT2D eigenvalue weighted by molar-refractivity contribution is -0.139. The number of aliphatic carboxylic acids is 1. The molecule has 0 aromatic heterocycles.